The Balaban J connectivity index is 1.07. The Morgan fingerprint density at radius 2 is 1.48 bits per heavy atom. The number of anilines is 1. The first-order valence-electron chi connectivity index (χ1n) is 20.4. The molecule has 0 saturated heterocycles. The lowest BCUT2D eigenvalue weighted by Crippen LogP contribution is -2.36. The first kappa shape index (κ1) is 44.0. The van der Waals surface area contributed by atoms with Gasteiger partial charge in [0.25, 0.3) is 5.69 Å². The highest BCUT2D eigenvalue weighted by atomic mass is 32.2. The minimum atomic E-state index is -4.30. The van der Waals surface area contributed by atoms with Crippen molar-refractivity contribution in [1.29, 1.82) is 0 Å². The second kappa shape index (κ2) is 20.7. The van der Waals surface area contributed by atoms with Crippen LogP contribution in [-0.2, 0) is 40.3 Å². The van der Waals surface area contributed by atoms with Crippen LogP contribution >= 0.6 is 0 Å². The van der Waals surface area contributed by atoms with Gasteiger partial charge in [0.1, 0.15) is 12.1 Å². The van der Waals surface area contributed by atoms with E-state index >= 15 is 0 Å². The zero-order chi connectivity index (χ0) is 43.5. The fourth-order valence-electron chi connectivity index (χ4n) is 7.60. The monoisotopic (exact) mass is 872 g/mol. The lowest BCUT2D eigenvalue weighted by Gasteiger charge is -2.25. The van der Waals surface area contributed by atoms with E-state index in [0.717, 1.165) is 22.3 Å². The zero-order valence-corrected chi connectivity index (χ0v) is 34.7. The fourth-order valence-corrected chi connectivity index (χ4v) is 9.28. The summed E-state index contributed by atoms with van der Waals surface area (Å²) < 4.78 is 53.4. The van der Waals surface area contributed by atoms with E-state index in [-0.39, 0.29) is 63.9 Å². The smallest absolute Gasteiger partial charge is 0.407 e. The van der Waals surface area contributed by atoms with Crippen molar-refractivity contribution in [2.24, 2.45) is 0 Å². The first-order chi connectivity index (χ1) is 30.1. The summed E-state index contributed by atoms with van der Waals surface area (Å²) in [5.41, 5.74) is 4.70. The molecule has 3 N–H and O–H groups in total. The average Bonchev–Trinajstić information content (AvgIpc) is 3.82. The molecule has 3 heterocycles. The Morgan fingerprint density at radius 3 is 2.19 bits per heavy atom. The van der Waals surface area contributed by atoms with Gasteiger partial charge in [-0.15, -0.1) is 0 Å². The summed E-state index contributed by atoms with van der Waals surface area (Å²) in [6, 6.07) is 20.5. The van der Waals surface area contributed by atoms with Gasteiger partial charge >= 0.3 is 12.1 Å². The Kier molecular flexibility index (Phi) is 14.7. The zero-order valence-electron chi connectivity index (χ0n) is 33.9. The van der Waals surface area contributed by atoms with E-state index in [0.29, 0.717) is 62.9 Å². The number of amides is 1. The molecule has 3 aromatic carbocycles. The van der Waals surface area contributed by atoms with Crippen LogP contribution in [0.5, 0.6) is 0 Å². The Morgan fingerprint density at radius 1 is 0.839 bits per heavy atom. The molecule has 19 nitrogen and oxygen atoms in total. The number of carboxylic acid groups (broad SMARTS) is 1. The number of sulfonamides is 1. The molecule has 328 valence electrons. The van der Waals surface area contributed by atoms with Gasteiger partial charge in [0.05, 0.1) is 63.4 Å². The van der Waals surface area contributed by atoms with Gasteiger partial charge in [0.15, 0.2) is 22.2 Å². The quantitative estimate of drug-likeness (QED) is 0.0554. The second-order valence-corrected chi connectivity index (χ2v) is 16.5. The molecule has 0 radical (unpaired) electrons. The number of benzene rings is 3. The highest BCUT2D eigenvalue weighted by molar-refractivity contribution is 7.89. The molecule has 0 spiro atoms. The van der Waals surface area contributed by atoms with Crippen LogP contribution in [-0.4, -0.2) is 120 Å². The van der Waals surface area contributed by atoms with Crippen molar-refractivity contribution < 1.29 is 47.0 Å². The van der Waals surface area contributed by atoms with Gasteiger partial charge < -0.3 is 39.3 Å². The molecule has 0 saturated carbocycles. The summed E-state index contributed by atoms with van der Waals surface area (Å²) in [7, 11) is -4.30. The number of imidazole rings is 1. The maximum absolute atomic E-state index is 14.0. The van der Waals surface area contributed by atoms with Gasteiger partial charge in [0.2, 0.25) is 10.0 Å². The van der Waals surface area contributed by atoms with Gasteiger partial charge in [-0.25, -0.2) is 28.2 Å². The van der Waals surface area contributed by atoms with E-state index in [1.54, 1.807) is 10.9 Å². The van der Waals surface area contributed by atoms with E-state index < -0.39 is 43.6 Å². The third kappa shape index (κ3) is 10.5. The number of nitro benzene ring substituents is 1. The summed E-state index contributed by atoms with van der Waals surface area (Å²) in [5, 5.41) is 26.8. The second-order valence-electron chi connectivity index (χ2n) is 14.6. The standard InChI is InChI=1S/C42H48N8O11S/c51-37(52)16-21-58-23-25-60-26-24-59-22-17-43-40-38-41-47-39(46-40)34(45-42(53)61-27-33-31-11-3-1-9-29(31)30-10-2-4-12-32(30)33)13-7-19-49(20-8-18-48(41)28-44-38)62(56,57)36-15-6-5-14-35(36)50(54)55/h1-6,9-12,14-15,28,33-34H,7-8,13,16-27H2,(H,45,53)(H,51,52)(H,43,46,47). The third-order valence-corrected chi connectivity index (χ3v) is 12.5. The lowest BCUT2D eigenvalue weighted by atomic mass is 9.98. The molecule has 20 heteroatoms. The van der Waals surface area contributed by atoms with E-state index in [2.05, 4.69) is 27.8 Å². The maximum Gasteiger partial charge on any atom is 0.407 e. The maximum atomic E-state index is 14.0. The van der Waals surface area contributed by atoms with Crippen molar-refractivity contribution in [3.63, 3.8) is 0 Å². The first-order valence-corrected chi connectivity index (χ1v) is 21.8. The average molecular weight is 873 g/mol. The van der Waals surface area contributed by atoms with Crippen LogP contribution in [0.3, 0.4) is 0 Å². The van der Waals surface area contributed by atoms with Crippen LogP contribution < -0.4 is 10.6 Å². The molecule has 5 aromatic rings. The number of carboxylic acids is 1. The molecule has 2 aromatic heterocycles. The van der Waals surface area contributed by atoms with Crippen LogP contribution in [0.15, 0.2) is 84.0 Å². The normalized spacial score (nSPS) is 15.6. The van der Waals surface area contributed by atoms with Crippen molar-refractivity contribution in [3.05, 3.63) is 106 Å². The number of aromatic nitrogens is 4. The number of carbonyl (C=O) groups excluding carboxylic acids is 1. The van der Waals surface area contributed by atoms with Crippen LogP contribution in [0.25, 0.3) is 22.3 Å². The summed E-state index contributed by atoms with van der Waals surface area (Å²) in [6.45, 7) is 2.42. The predicted octanol–water partition coefficient (Wildman–Crippen LogP) is 5.13. The van der Waals surface area contributed by atoms with Crippen molar-refractivity contribution in [1.82, 2.24) is 29.1 Å². The minimum absolute atomic E-state index is 0.000188. The number of para-hydroxylation sites is 1. The minimum Gasteiger partial charge on any atom is -0.481 e. The number of hydrogen-bond acceptors (Lipinski definition) is 14. The topological polar surface area (TPSA) is 239 Å². The van der Waals surface area contributed by atoms with Crippen molar-refractivity contribution in [2.45, 2.75) is 49.1 Å². The van der Waals surface area contributed by atoms with Gasteiger partial charge in [-0.1, -0.05) is 60.7 Å². The molecule has 1 atom stereocenters. The molecule has 0 fully saturated rings. The van der Waals surface area contributed by atoms with E-state index in [1.165, 1.54) is 28.6 Å². The van der Waals surface area contributed by atoms with Gasteiger partial charge in [-0.3, -0.25) is 14.9 Å². The third-order valence-electron chi connectivity index (χ3n) is 10.6. The number of rotatable bonds is 19. The van der Waals surface area contributed by atoms with Gasteiger partial charge in [-0.2, -0.15) is 4.31 Å². The molecule has 2 bridgehead atoms. The number of fused-ring (bicyclic) bond motifs is 4. The summed E-state index contributed by atoms with van der Waals surface area (Å²) in [5.74, 6) is -0.432. The Hall–Kier alpha value is -6.06. The Labute approximate surface area is 357 Å². The van der Waals surface area contributed by atoms with Crippen molar-refractivity contribution in [3.8, 4) is 11.1 Å². The summed E-state index contributed by atoms with van der Waals surface area (Å²) >= 11 is 0. The predicted molar refractivity (Wildman–Crippen MR) is 225 cm³/mol. The summed E-state index contributed by atoms with van der Waals surface area (Å²) in [6.07, 6.45) is 1.60. The van der Waals surface area contributed by atoms with Crippen LogP contribution in [0, 0.1) is 10.1 Å². The lowest BCUT2D eigenvalue weighted by molar-refractivity contribution is -0.387. The fraction of sp³-hybridized carbons (Fsp3) is 0.405. The molecular formula is C42H48N8O11S. The number of aryl methyl sites for hydroxylation is 1. The molecule has 1 unspecified atom stereocenters. The van der Waals surface area contributed by atoms with Crippen molar-refractivity contribution in [2.75, 3.05) is 71.2 Å². The largest absolute Gasteiger partial charge is 0.481 e. The number of carbonyl (C=O) groups is 2. The highest BCUT2D eigenvalue weighted by Crippen LogP contribution is 2.44. The van der Waals surface area contributed by atoms with Crippen molar-refractivity contribution >= 4 is 44.8 Å². The molecule has 62 heavy (non-hydrogen) atoms. The SMILES string of the molecule is O=C(O)CCOCCOCCOCCNc1nc2nc3c1ncn3CCCN(S(=O)(=O)c1ccccc1[N+](=O)[O-])CCCC2NC(=O)OCC1c2ccccc2-c2ccccc21. The van der Waals surface area contributed by atoms with E-state index in [4.69, 9.17) is 34.0 Å². The number of aliphatic carboxylic acids is 1. The number of hydrogen-bond donors (Lipinski definition) is 3. The molecule has 1 amide bonds. The number of nitrogens with one attached hydrogen (secondary N) is 2. The Bertz CT molecular complexity index is 2440. The van der Waals surface area contributed by atoms with Gasteiger partial charge in [-0.05, 0) is 47.6 Å². The van der Waals surface area contributed by atoms with E-state index in [1.807, 2.05) is 36.4 Å². The summed E-state index contributed by atoms with van der Waals surface area (Å²) in [4.78, 5) is 49.4. The molecule has 1 aliphatic heterocycles. The van der Waals surface area contributed by atoms with Crippen LogP contribution in [0.4, 0.5) is 16.3 Å². The molecule has 1 aliphatic carbocycles. The molecular weight excluding hydrogens is 825 g/mol. The number of alkyl carbamates (subject to hydrolysis) is 1. The van der Waals surface area contributed by atoms with E-state index in [9.17, 15) is 28.1 Å². The van der Waals surface area contributed by atoms with Crippen LogP contribution in [0.2, 0.25) is 0 Å². The number of ether oxygens (including phenoxy) is 4. The molecule has 2 aliphatic rings. The number of nitrogens with zero attached hydrogens (tertiary/aromatic N) is 6. The van der Waals surface area contributed by atoms with Crippen LogP contribution in [0.1, 0.15) is 54.6 Å². The van der Waals surface area contributed by atoms with Gasteiger partial charge in [0, 0.05) is 38.2 Å². The number of nitro groups is 1. The molecule has 7 rings (SSSR count). The highest BCUT2D eigenvalue weighted by Gasteiger charge is 2.33.